The van der Waals surface area contributed by atoms with Crippen LogP contribution in [0.2, 0.25) is 0 Å². The van der Waals surface area contributed by atoms with E-state index in [-0.39, 0.29) is 5.91 Å². The van der Waals surface area contributed by atoms with Crippen molar-refractivity contribution in [2.24, 2.45) is 0 Å². The summed E-state index contributed by atoms with van der Waals surface area (Å²) in [7, 11) is 1.31. The van der Waals surface area contributed by atoms with Crippen molar-refractivity contribution in [3.05, 3.63) is 47.0 Å². The molecule has 0 saturated carbocycles. The van der Waals surface area contributed by atoms with Crippen LogP contribution in [-0.2, 0) is 19.7 Å². The van der Waals surface area contributed by atoms with Gasteiger partial charge in [0.15, 0.2) is 5.13 Å². The average molecular weight is 346 g/mol. The highest BCUT2D eigenvalue weighted by molar-refractivity contribution is 7.17. The van der Waals surface area contributed by atoms with E-state index in [1.165, 1.54) is 13.3 Å². The van der Waals surface area contributed by atoms with Gasteiger partial charge in [0.25, 0.3) is 0 Å². The molecule has 0 aliphatic carbocycles. The van der Waals surface area contributed by atoms with E-state index in [4.69, 9.17) is 4.74 Å². The van der Waals surface area contributed by atoms with Gasteiger partial charge in [-0.05, 0) is 18.4 Å². The lowest BCUT2D eigenvalue weighted by atomic mass is 9.73. The van der Waals surface area contributed by atoms with Crippen molar-refractivity contribution in [3.8, 4) is 0 Å². The molecule has 1 saturated heterocycles. The Morgan fingerprint density at radius 2 is 1.96 bits per heavy atom. The lowest BCUT2D eigenvalue weighted by Gasteiger charge is -2.35. The zero-order chi connectivity index (χ0) is 17.0. The number of thiazole rings is 1. The van der Waals surface area contributed by atoms with Gasteiger partial charge in [-0.25, -0.2) is 9.78 Å². The van der Waals surface area contributed by atoms with E-state index in [2.05, 4.69) is 15.0 Å². The van der Waals surface area contributed by atoms with Crippen LogP contribution in [0, 0.1) is 0 Å². The summed E-state index contributed by atoms with van der Waals surface area (Å²) in [5.41, 5.74) is 0.326. The Morgan fingerprint density at radius 3 is 2.62 bits per heavy atom. The fraction of sp³-hybridized carbons (Fsp3) is 0.353. The first-order chi connectivity index (χ1) is 11.7. The molecule has 1 amide bonds. The minimum Gasteiger partial charge on any atom is -0.465 e. The summed E-state index contributed by atoms with van der Waals surface area (Å²) in [5, 5.41) is 3.25. The van der Waals surface area contributed by atoms with Crippen LogP contribution >= 0.6 is 11.3 Å². The number of carbonyl (C=O) groups excluding carboxylic acids is 2. The van der Waals surface area contributed by atoms with Gasteiger partial charge in [-0.15, -0.1) is 0 Å². The van der Waals surface area contributed by atoms with Crippen molar-refractivity contribution in [1.29, 1.82) is 0 Å². The molecule has 1 aromatic heterocycles. The molecule has 126 valence electrons. The minimum atomic E-state index is -0.642. The summed E-state index contributed by atoms with van der Waals surface area (Å²) >= 11 is 1.10. The molecule has 0 atom stereocenters. The number of nitrogens with zero attached hydrogens (tertiary/aromatic N) is 1. The zero-order valence-electron chi connectivity index (χ0n) is 13.3. The number of aromatic nitrogens is 1. The highest BCUT2D eigenvalue weighted by Crippen LogP contribution is 2.36. The van der Waals surface area contributed by atoms with Crippen molar-refractivity contribution >= 4 is 28.3 Å². The molecule has 0 radical (unpaired) electrons. The fourth-order valence-corrected chi connectivity index (χ4v) is 3.60. The van der Waals surface area contributed by atoms with Gasteiger partial charge >= 0.3 is 5.97 Å². The van der Waals surface area contributed by atoms with Crippen LogP contribution in [0.25, 0.3) is 0 Å². The lowest BCUT2D eigenvalue weighted by Crippen LogP contribution is -2.44. The third kappa shape index (κ3) is 3.18. The van der Waals surface area contributed by atoms with Gasteiger partial charge in [0.05, 0.1) is 18.7 Å². The minimum absolute atomic E-state index is 0.122. The Labute approximate surface area is 143 Å². The summed E-state index contributed by atoms with van der Waals surface area (Å²) in [4.78, 5) is 29.0. The largest absolute Gasteiger partial charge is 0.465 e. The number of rotatable bonds is 4. The van der Waals surface area contributed by atoms with Crippen molar-refractivity contribution in [3.63, 3.8) is 0 Å². The van der Waals surface area contributed by atoms with E-state index in [0.29, 0.717) is 36.1 Å². The van der Waals surface area contributed by atoms with Crippen LogP contribution in [0.3, 0.4) is 0 Å². The molecule has 2 heterocycles. The Bertz CT molecular complexity index is 723. The molecule has 6 nitrogen and oxygen atoms in total. The normalized spacial score (nSPS) is 16.4. The molecule has 1 fully saturated rings. The first-order valence-electron chi connectivity index (χ1n) is 7.64. The van der Waals surface area contributed by atoms with Crippen LogP contribution in [-0.4, -0.2) is 37.2 Å². The monoisotopic (exact) mass is 346 g/mol. The number of hydrogen-bond donors (Lipinski definition) is 1. The Hall–Kier alpha value is -2.25. The Balaban J connectivity index is 1.84. The molecule has 0 unspecified atom stereocenters. The molecule has 1 aliphatic heterocycles. The Morgan fingerprint density at radius 1 is 1.25 bits per heavy atom. The van der Waals surface area contributed by atoms with Crippen molar-refractivity contribution in [2.75, 3.05) is 25.6 Å². The van der Waals surface area contributed by atoms with E-state index >= 15 is 0 Å². The van der Waals surface area contributed by atoms with Crippen molar-refractivity contribution in [2.45, 2.75) is 18.3 Å². The second kappa shape index (κ2) is 7.11. The summed E-state index contributed by atoms with van der Waals surface area (Å²) in [5.74, 6) is -0.584. The highest BCUT2D eigenvalue weighted by Gasteiger charge is 2.42. The molecular formula is C17H18N2O4S. The summed E-state index contributed by atoms with van der Waals surface area (Å²) in [6.45, 7) is 1.07. The van der Waals surface area contributed by atoms with Gasteiger partial charge < -0.3 is 14.8 Å². The predicted molar refractivity (Wildman–Crippen MR) is 90.3 cm³/mol. The number of benzene rings is 1. The SMILES string of the molecule is COC(=O)c1cnc(NC(=O)C2(c3ccccc3)CCOCC2)s1. The maximum Gasteiger partial charge on any atom is 0.349 e. The molecule has 0 spiro atoms. The third-order valence-electron chi connectivity index (χ3n) is 4.22. The Kier molecular flexibility index (Phi) is 4.92. The fourth-order valence-electron chi connectivity index (χ4n) is 2.87. The van der Waals surface area contributed by atoms with E-state index in [1.54, 1.807) is 0 Å². The van der Waals surface area contributed by atoms with Crippen molar-refractivity contribution in [1.82, 2.24) is 4.98 Å². The smallest absolute Gasteiger partial charge is 0.349 e. The zero-order valence-corrected chi connectivity index (χ0v) is 14.1. The number of carbonyl (C=O) groups is 2. The maximum absolute atomic E-state index is 13.0. The molecule has 1 aliphatic rings. The van der Waals surface area contributed by atoms with Crippen LogP contribution in [0.4, 0.5) is 5.13 Å². The summed E-state index contributed by atoms with van der Waals surface area (Å²) < 4.78 is 10.1. The van der Waals surface area contributed by atoms with Crippen LogP contribution in [0.15, 0.2) is 36.5 Å². The quantitative estimate of drug-likeness (QED) is 0.861. The first kappa shape index (κ1) is 16.6. The second-order valence-electron chi connectivity index (χ2n) is 5.54. The predicted octanol–water partition coefficient (Wildman–Crippen LogP) is 2.62. The molecule has 24 heavy (non-hydrogen) atoms. The molecule has 2 aromatic rings. The van der Waals surface area contributed by atoms with Gasteiger partial charge in [0, 0.05) is 13.2 Å². The average Bonchev–Trinajstić information content (AvgIpc) is 3.11. The highest BCUT2D eigenvalue weighted by atomic mass is 32.1. The number of nitrogens with one attached hydrogen (secondary N) is 1. The van der Waals surface area contributed by atoms with Crippen LogP contribution < -0.4 is 5.32 Å². The standard InChI is InChI=1S/C17H18N2O4S/c1-22-14(20)13-11-18-16(24-13)19-15(21)17(7-9-23-10-8-17)12-5-3-2-4-6-12/h2-6,11H,7-10H2,1H3,(H,18,19,21). The maximum atomic E-state index is 13.0. The lowest BCUT2D eigenvalue weighted by molar-refractivity contribution is -0.125. The van der Waals surface area contributed by atoms with Gasteiger partial charge in [-0.3, -0.25) is 4.79 Å². The number of anilines is 1. The number of amides is 1. The molecular weight excluding hydrogens is 328 g/mol. The van der Waals surface area contributed by atoms with Crippen molar-refractivity contribution < 1.29 is 19.1 Å². The van der Waals surface area contributed by atoms with Gasteiger partial charge in [-0.2, -0.15) is 0 Å². The van der Waals surface area contributed by atoms with Gasteiger partial charge in [-0.1, -0.05) is 41.7 Å². The third-order valence-corrected chi connectivity index (χ3v) is 5.11. The van der Waals surface area contributed by atoms with Crippen LogP contribution in [0.5, 0.6) is 0 Å². The van der Waals surface area contributed by atoms with E-state index in [0.717, 1.165) is 16.9 Å². The molecule has 1 aromatic carbocycles. The number of methoxy groups -OCH3 is 1. The number of esters is 1. The number of hydrogen-bond acceptors (Lipinski definition) is 6. The van der Waals surface area contributed by atoms with Crippen LogP contribution in [0.1, 0.15) is 28.1 Å². The molecule has 0 bridgehead atoms. The van der Waals surface area contributed by atoms with E-state index < -0.39 is 11.4 Å². The van der Waals surface area contributed by atoms with Gasteiger partial charge in [0.2, 0.25) is 5.91 Å². The summed E-state index contributed by atoms with van der Waals surface area (Å²) in [6, 6.07) is 9.72. The molecule has 3 rings (SSSR count). The number of ether oxygens (including phenoxy) is 2. The first-order valence-corrected chi connectivity index (χ1v) is 8.46. The topological polar surface area (TPSA) is 77.5 Å². The second-order valence-corrected chi connectivity index (χ2v) is 6.57. The molecule has 7 heteroatoms. The summed E-state index contributed by atoms with van der Waals surface area (Å²) in [6.07, 6.45) is 2.63. The van der Waals surface area contributed by atoms with Gasteiger partial charge in [0.1, 0.15) is 4.88 Å². The van der Waals surface area contributed by atoms with E-state index in [1.807, 2.05) is 30.3 Å². The molecule has 1 N–H and O–H groups in total. The van der Waals surface area contributed by atoms with E-state index in [9.17, 15) is 9.59 Å².